The number of amides is 1. The van der Waals surface area contributed by atoms with Gasteiger partial charge in [-0.3, -0.25) is 9.69 Å². The van der Waals surface area contributed by atoms with Crippen LogP contribution in [0, 0.1) is 11.3 Å². The zero-order valence-corrected chi connectivity index (χ0v) is 15.0. The quantitative estimate of drug-likeness (QED) is 0.586. The van der Waals surface area contributed by atoms with E-state index in [0.29, 0.717) is 38.6 Å². The molecule has 1 saturated heterocycles. The number of likely N-dealkylation sites (N-methyl/N-ethyl adjacent to an activating group) is 1. The van der Waals surface area contributed by atoms with E-state index in [1.165, 1.54) is 11.8 Å². The van der Waals surface area contributed by atoms with E-state index in [9.17, 15) is 4.79 Å². The van der Waals surface area contributed by atoms with Crippen LogP contribution < -0.4 is 4.74 Å². The highest BCUT2D eigenvalue weighted by Crippen LogP contribution is 2.32. The standard InChI is InChI=1S/C18H14N2O3S2/c1-2-20-17(21)16(25-18(20)24)9-14-7-8-15(23-14)11-22-13-5-3-12(10-19)4-6-13/h3-9H,2,11H2,1H3/b16-9+. The van der Waals surface area contributed by atoms with E-state index in [-0.39, 0.29) is 12.5 Å². The molecular weight excluding hydrogens is 356 g/mol. The maximum atomic E-state index is 12.2. The van der Waals surface area contributed by atoms with Gasteiger partial charge < -0.3 is 9.15 Å². The van der Waals surface area contributed by atoms with E-state index in [0.717, 1.165) is 0 Å². The van der Waals surface area contributed by atoms with Crippen molar-refractivity contribution >= 4 is 40.3 Å². The Hall–Kier alpha value is -2.56. The monoisotopic (exact) mass is 370 g/mol. The van der Waals surface area contributed by atoms with Crippen molar-refractivity contribution in [3.63, 3.8) is 0 Å². The summed E-state index contributed by atoms with van der Waals surface area (Å²) in [6.07, 6.45) is 1.69. The molecule has 0 radical (unpaired) electrons. The molecule has 2 aromatic rings. The highest BCUT2D eigenvalue weighted by molar-refractivity contribution is 8.26. The Kier molecular flexibility index (Phi) is 5.22. The summed E-state index contributed by atoms with van der Waals surface area (Å²) < 4.78 is 11.9. The Morgan fingerprint density at radius 2 is 2.08 bits per heavy atom. The molecule has 0 atom stereocenters. The van der Waals surface area contributed by atoms with Gasteiger partial charge in [-0.1, -0.05) is 24.0 Å². The number of hydrogen-bond acceptors (Lipinski definition) is 6. The zero-order chi connectivity index (χ0) is 17.8. The molecule has 2 heterocycles. The van der Waals surface area contributed by atoms with Gasteiger partial charge in [-0.15, -0.1) is 0 Å². The average molecular weight is 370 g/mol. The van der Waals surface area contributed by atoms with Gasteiger partial charge in [0, 0.05) is 12.6 Å². The molecule has 5 nitrogen and oxygen atoms in total. The summed E-state index contributed by atoms with van der Waals surface area (Å²) in [7, 11) is 0. The summed E-state index contributed by atoms with van der Waals surface area (Å²) in [5.74, 6) is 1.78. The van der Waals surface area contributed by atoms with Gasteiger partial charge in [-0.05, 0) is 43.3 Å². The number of ether oxygens (including phenoxy) is 1. The number of carbonyl (C=O) groups is 1. The fraction of sp³-hybridized carbons (Fsp3) is 0.167. The lowest BCUT2D eigenvalue weighted by Crippen LogP contribution is -2.27. The third-order valence-corrected chi connectivity index (χ3v) is 4.89. The fourth-order valence-electron chi connectivity index (χ4n) is 2.23. The summed E-state index contributed by atoms with van der Waals surface area (Å²) in [5.41, 5.74) is 0.581. The molecule has 1 aromatic heterocycles. The first-order valence-corrected chi connectivity index (χ1v) is 8.80. The van der Waals surface area contributed by atoms with Crippen LogP contribution in [0.4, 0.5) is 0 Å². The highest BCUT2D eigenvalue weighted by Gasteiger charge is 2.30. The average Bonchev–Trinajstić information content (AvgIpc) is 3.18. The molecule has 1 amide bonds. The van der Waals surface area contributed by atoms with E-state index in [4.69, 9.17) is 26.6 Å². The van der Waals surface area contributed by atoms with Crippen LogP contribution in [0.3, 0.4) is 0 Å². The van der Waals surface area contributed by atoms with E-state index in [2.05, 4.69) is 6.07 Å². The fourth-order valence-corrected chi connectivity index (χ4v) is 3.60. The van der Waals surface area contributed by atoms with Crippen LogP contribution in [0.5, 0.6) is 5.75 Å². The number of carbonyl (C=O) groups excluding carboxylic acids is 1. The van der Waals surface area contributed by atoms with Crippen molar-refractivity contribution in [2.45, 2.75) is 13.5 Å². The van der Waals surface area contributed by atoms with Crippen molar-refractivity contribution in [1.82, 2.24) is 4.90 Å². The normalized spacial score (nSPS) is 15.7. The lowest BCUT2D eigenvalue weighted by Gasteiger charge is -2.09. The van der Waals surface area contributed by atoms with Crippen LogP contribution in [0.2, 0.25) is 0 Å². The van der Waals surface area contributed by atoms with Crippen molar-refractivity contribution < 1.29 is 13.9 Å². The minimum Gasteiger partial charge on any atom is -0.486 e. The first-order chi connectivity index (χ1) is 12.1. The van der Waals surface area contributed by atoms with Gasteiger partial charge in [-0.2, -0.15) is 5.26 Å². The molecule has 0 unspecified atom stereocenters. The van der Waals surface area contributed by atoms with Crippen LogP contribution in [-0.4, -0.2) is 21.7 Å². The predicted octanol–water partition coefficient (Wildman–Crippen LogP) is 3.95. The Morgan fingerprint density at radius 1 is 1.32 bits per heavy atom. The van der Waals surface area contributed by atoms with Gasteiger partial charge in [0.1, 0.15) is 28.2 Å². The smallest absolute Gasteiger partial charge is 0.266 e. The van der Waals surface area contributed by atoms with E-state index >= 15 is 0 Å². The van der Waals surface area contributed by atoms with Gasteiger partial charge in [0.05, 0.1) is 16.5 Å². The molecule has 0 N–H and O–H groups in total. The van der Waals surface area contributed by atoms with Crippen molar-refractivity contribution in [2.24, 2.45) is 0 Å². The number of nitrogens with zero attached hydrogens (tertiary/aromatic N) is 2. The van der Waals surface area contributed by atoms with Crippen molar-refractivity contribution in [3.05, 3.63) is 58.4 Å². The van der Waals surface area contributed by atoms with Crippen molar-refractivity contribution in [1.29, 1.82) is 5.26 Å². The van der Waals surface area contributed by atoms with Gasteiger partial charge in [0.2, 0.25) is 0 Å². The molecule has 0 aliphatic carbocycles. The first-order valence-electron chi connectivity index (χ1n) is 7.57. The molecule has 1 fully saturated rings. The largest absolute Gasteiger partial charge is 0.486 e. The Balaban J connectivity index is 1.64. The number of benzene rings is 1. The summed E-state index contributed by atoms with van der Waals surface area (Å²) in [6.45, 7) is 2.71. The molecular formula is C18H14N2O3S2. The minimum absolute atomic E-state index is 0.0933. The number of nitriles is 1. The number of furan rings is 1. The minimum atomic E-state index is -0.0933. The Morgan fingerprint density at radius 3 is 2.72 bits per heavy atom. The Bertz CT molecular complexity index is 878. The maximum Gasteiger partial charge on any atom is 0.266 e. The maximum absolute atomic E-state index is 12.2. The van der Waals surface area contributed by atoms with Crippen molar-refractivity contribution in [3.8, 4) is 11.8 Å². The first kappa shape index (κ1) is 17.3. The molecule has 126 valence electrons. The molecule has 1 aliphatic heterocycles. The predicted molar refractivity (Wildman–Crippen MR) is 99.8 cm³/mol. The summed E-state index contributed by atoms with van der Waals surface area (Å²) in [4.78, 5) is 14.3. The topological polar surface area (TPSA) is 66.5 Å². The Labute approximate surface area is 154 Å². The van der Waals surface area contributed by atoms with E-state index in [1.807, 2.05) is 6.92 Å². The van der Waals surface area contributed by atoms with Crippen LogP contribution in [0.25, 0.3) is 6.08 Å². The molecule has 1 aliphatic rings. The van der Waals surface area contributed by atoms with Crippen LogP contribution >= 0.6 is 24.0 Å². The second-order valence-corrected chi connectivity index (χ2v) is 6.83. The van der Waals surface area contributed by atoms with Crippen LogP contribution in [-0.2, 0) is 11.4 Å². The number of thioether (sulfide) groups is 1. The van der Waals surface area contributed by atoms with Gasteiger partial charge >= 0.3 is 0 Å². The molecule has 0 bridgehead atoms. The third kappa shape index (κ3) is 3.92. The van der Waals surface area contributed by atoms with Gasteiger partial charge in [-0.25, -0.2) is 0 Å². The lowest BCUT2D eigenvalue weighted by molar-refractivity contribution is -0.121. The van der Waals surface area contributed by atoms with Crippen LogP contribution in [0.15, 0.2) is 45.7 Å². The molecule has 3 rings (SSSR count). The zero-order valence-electron chi connectivity index (χ0n) is 13.4. The second-order valence-electron chi connectivity index (χ2n) is 5.15. The molecule has 25 heavy (non-hydrogen) atoms. The highest BCUT2D eigenvalue weighted by atomic mass is 32.2. The summed E-state index contributed by atoms with van der Waals surface area (Å²) in [5, 5.41) is 8.78. The molecule has 0 saturated carbocycles. The SMILES string of the molecule is CCN1C(=O)/C(=C\c2ccc(COc3ccc(C#N)cc3)o2)SC1=S. The second kappa shape index (κ2) is 7.55. The summed E-state index contributed by atoms with van der Waals surface area (Å²) >= 11 is 6.46. The molecule has 7 heteroatoms. The number of hydrogen-bond donors (Lipinski definition) is 0. The molecule has 0 spiro atoms. The number of rotatable bonds is 5. The van der Waals surface area contributed by atoms with E-state index in [1.54, 1.807) is 47.4 Å². The number of thiocarbonyl (C=S) groups is 1. The van der Waals surface area contributed by atoms with Crippen molar-refractivity contribution in [2.75, 3.05) is 6.54 Å². The van der Waals surface area contributed by atoms with Crippen LogP contribution in [0.1, 0.15) is 24.0 Å². The van der Waals surface area contributed by atoms with Gasteiger partial charge in [0.25, 0.3) is 5.91 Å². The third-order valence-electron chi connectivity index (χ3n) is 3.51. The van der Waals surface area contributed by atoms with E-state index < -0.39 is 0 Å². The van der Waals surface area contributed by atoms with Gasteiger partial charge in [0.15, 0.2) is 0 Å². The molecule has 1 aromatic carbocycles. The lowest BCUT2D eigenvalue weighted by atomic mass is 10.2. The summed E-state index contributed by atoms with van der Waals surface area (Å²) in [6, 6.07) is 12.5.